The fourth-order valence-corrected chi connectivity index (χ4v) is 2.52. The third-order valence-corrected chi connectivity index (χ3v) is 3.57. The Kier molecular flexibility index (Phi) is 7.67. The van der Waals surface area contributed by atoms with E-state index in [4.69, 9.17) is 9.47 Å². The van der Waals surface area contributed by atoms with Crippen LogP contribution in [0, 0.1) is 0 Å². The molecule has 140 valence electrons. The molecule has 0 aliphatic carbocycles. The van der Waals surface area contributed by atoms with E-state index in [2.05, 4.69) is 9.80 Å². The van der Waals surface area contributed by atoms with E-state index in [1.165, 1.54) is 0 Å². The van der Waals surface area contributed by atoms with E-state index in [9.17, 15) is 9.59 Å². The first-order valence-corrected chi connectivity index (χ1v) is 8.83. The van der Waals surface area contributed by atoms with Crippen molar-refractivity contribution in [3.05, 3.63) is 0 Å². The Hall–Kier alpha value is -1.14. The standard InChI is InChI=1S/C18H34N2O4/c1-17(2,3)23-15(21)7-9-19-11-13-20(14-12-19)10-8-16(22)24-18(4,5)6/h7-14H2,1-6H3. The van der Waals surface area contributed by atoms with Crippen molar-refractivity contribution in [2.45, 2.75) is 65.6 Å². The zero-order valence-corrected chi connectivity index (χ0v) is 16.2. The summed E-state index contributed by atoms with van der Waals surface area (Å²) < 4.78 is 10.7. The van der Waals surface area contributed by atoms with E-state index >= 15 is 0 Å². The normalized spacial score (nSPS) is 17.6. The molecule has 0 aromatic carbocycles. The molecule has 1 aliphatic heterocycles. The van der Waals surface area contributed by atoms with Gasteiger partial charge in [0.05, 0.1) is 12.8 Å². The van der Waals surface area contributed by atoms with Gasteiger partial charge in [-0.3, -0.25) is 9.59 Å². The second-order valence-corrected chi connectivity index (χ2v) is 8.36. The van der Waals surface area contributed by atoms with Crippen LogP contribution in [0.3, 0.4) is 0 Å². The highest BCUT2D eigenvalue weighted by atomic mass is 16.6. The molecule has 24 heavy (non-hydrogen) atoms. The highest BCUT2D eigenvalue weighted by molar-refractivity contribution is 5.70. The van der Waals surface area contributed by atoms with Crippen molar-refractivity contribution in [1.82, 2.24) is 9.80 Å². The summed E-state index contributed by atoms with van der Waals surface area (Å²) in [7, 11) is 0. The maximum absolute atomic E-state index is 11.7. The molecule has 0 radical (unpaired) electrons. The van der Waals surface area contributed by atoms with Crippen LogP contribution in [0.5, 0.6) is 0 Å². The molecule has 0 spiro atoms. The van der Waals surface area contributed by atoms with Crippen molar-refractivity contribution in [3.63, 3.8) is 0 Å². The predicted molar refractivity (Wildman–Crippen MR) is 93.8 cm³/mol. The van der Waals surface area contributed by atoms with Gasteiger partial charge < -0.3 is 19.3 Å². The van der Waals surface area contributed by atoms with Gasteiger partial charge in [0.2, 0.25) is 0 Å². The molecule has 6 heteroatoms. The number of piperazine rings is 1. The van der Waals surface area contributed by atoms with Gasteiger partial charge in [0.25, 0.3) is 0 Å². The molecule has 1 saturated heterocycles. The van der Waals surface area contributed by atoms with Gasteiger partial charge in [-0.2, -0.15) is 0 Å². The lowest BCUT2D eigenvalue weighted by molar-refractivity contribution is -0.156. The first kappa shape index (κ1) is 20.9. The Labute approximate surface area is 146 Å². The molecular weight excluding hydrogens is 308 g/mol. The first-order valence-electron chi connectivity index (χ1n) is 8.83. The van der Waals surface area contributed by atoms with E-state index in [1.807, 2.05) is 41.5 Å². The minimum atomic E-state index is -0.419. The first-order chi connectivity index (χ1) is 10.9. The molecule has 0 amide bonds. The summed E-state index contributed by atoms with van der Waals surface area (Å²) in [6.07, 6.45) is 0.852. The van der Waals surface area contributed by atoms with Gasteiger partial charge in [-0.25, -0.2) is 0 Å². The van der Waals surface area contributed by atoms with Crippen molar-refractivity contribution in [3.8, 4) is 0 Å². The summed E-state index contributed by atoms with van der Waals surface area (Å²) in [6.45, 7) is 16.4. The minimum absolute atomic E-state index is 0.144. The number of nitrogens with zero attached hydrogens (tertiary/aromatic N) is 2. The molecule has 0 aromatic rings. The van der Waals surface area contributed by atoms with E-state index in [-0.39, 0.29) is 11.9 Å². The second kappa shape index (κ2) is 8.81. The Balaban J connectivity index is 2.18. The fraction of sp³-hybridized carbons (Fsp3) is 0.889. The maximum atomic E-state index is 11.7. The molecule has 0 N–H and O–H groups in total. The van der Waals surface area contributed by atoms with E-state index in [0.717, 1.165) is 39.3 Å². The van der Waals surface area contributed by atoms with E-state index in [1.54, 1.807) is 0 Å². The maximum Gasteiger partial charge on any atom is 0.307 e. The predicted octanol–water partition coefficient (Wildman–Crippen LogP) is 2.07. The summed E-state index contributed by atoms with van der Waals surface area (Å²) in [5, 5.41) is 0. The van der Waals surface area contributed by atoms with Crippen molar-refractivity contribution >= 4 is 11.9 Å². The highest BCUT2D eigenvalue weighted by Gasteiger charge is 2.21. The van der Waals surface area contributed by atoms with Crippen LogP contribution in [0.2, 0.25) is 0 Å². The van der Waals surface area contributed by atoms with Crippen LogP contribution in [0.25, 0.3) is 0 Å². The number of carbonyl (C=O) groups is 2. The van der Waals surface area contributed by atoms with Gasteiger partial charge in [-0.15, -0.1) is 0 Å². The van der Waals surface area contributed by atoms with Crippen LogP contribution in [0.1, 0.15) is 54.4 Å². The number of rotatable bonds is 6. The summed E-state index contributed by atoms with van der Waals surface area (Å²) in [6, 6.07) is 0. The lowest BCUT2D eigenvalue weighted by atomic mass is 10.2. The molecule has 0 aromatic heterocycles. The molecule has 1 rings (SSSR count). The van der Waals surface area contributed by atoms with Gasteiger partial charge in [0, 0.05) is 39.3 Å². The SMILES string of the molecule is CC(C)(C)OC(=O)CCN1CCN(CCC(=O)OC(C)(C)C)CC1. The molecule has 1 heterocycles. The van der Waals surface area contributed by atoms with Gasteiger partial charge in [0.1, 0.15) is 11.2 Å². The van der Waals surface area contributed by atoms with Crippen molar-refractivity contribution in [1.29, 1.82) is 0 Å². The van der Waals surface area contributed by atoms with Gasteiger partial charge in [-0.05, 0) is 41.5 Å². The zero-order valence-electron chi connectivity index (χ0n) is 16.2. The third kappa shape index (κ3) is 9.88. The van der Waals surface area contributed by atoms with Crippen molar-refractivity contribution in [2.75, 3.05) is 39.3 Å². The summed E-state index contributed by atoms with van der Waals surface area (Å²) in [4.78, 5) is 28.0. The van der Waals surface area contributed by atoms with Crippen LogP contribution < -0.4 is 0 Å². The van der Waals surface area contributed by atoms with Crippen LogP contribution in [-0.2, 0) is 19.1 Å². The molecule has 6 nitrogen and oxygen atoms in total. The molecule has 0 bridgehead atoms. The number of esters is 2. The van der Waals surface area contributed by atoms with Gasteiger partial charge in [-0.1, -0.05) is 0 Å². The largest absolute Gasteiger partial charge is 0.460 e. The van der Waals surface area contributed by atoms with Crippen LogP contribution in [-0.4, -0.2) is 72.2 Å². The molecular formula is C18H34N2O4. The zero-order chi connectivity index (χ0) is 18.4. The fourth-order valence-electron chi connectivity index (χ4n) is 2.52. The second-order valence-electron chi connectivity index (χ2n) is 8.36. The number of ether oxygens (including phenoxy) is 2. The number of hydrogen-bond acceptors (Lipinski definition) is 6. The molecule has 1 aliphatic rings. The Bertz CT molecular complexity index is 376. The quantitative estimate of drug-likeness (QED) is 0.689. The lowest BCUT2D eigenvalue weighted by Crippen LogP contribution is -2.47. The molecule has 0 unspecified atom stereocenters. The average Bonchev–Trinajstić information content (AvgIpc) is 2.40. The van der Waals surface area contributed by atoms with Crippen molar-refractivity contribution in [2.24, 2.45) is 0 Å². The smallest absolute Gasteiger partial charge is 0.307 e. The lowest BCUT2D eigenvalue weighted by Gasteiger charge is -2.34. The number of hydrogen-bond donors (Lipinski definition) is 0. The Morgan fingerprint density at radius 2 is 1.00 bits per heavy atom. The van der Waals surface area contributed by atoms with E-state index in [0.29, 0.717) is 12.8 Å². The van der Waals surface area contributed by atoms with Crippen LogP contribution >= 0.6 is 0 Å². The minimum Gasteiger partial charge on any atom is -0.460 e. The van der Waals surface area contributed by atoms with Gasteiger partial charge in [0.15, 0.2) is 0 Å². The number of carbonyl (C=O) groups excluding carboxylic acids is 2. The third-order valence-electron chi connectivity index (χ3n) is 3.57. The monoisotopic (exact) mass is 342 g/mol. The summed E-state index contributed by atoms with van der Waals surface area (Å²) in [5.74, 6) is -0.287. The van der Waals surface area contributed by atoms with Gasteiger partial charge >= 0.3 is 11.9 Å². The topological polar surface area (TPSA) is 59.1 Å². The summed E-state index contributed by atoms with van der Waals surface area (Å²) in [5.41, 5.74) is -0.838. The Morgan fingerprint density at radius 1 is 0.708 bits per heavy atom. The van der Waals surface area contributed by atoms with E-state index < -0.39 is 11.2 Å². The Morgan fingerprint density at radius 3 is 1.25 bits per heavy atom. The molecule has 1 fully saturated rings. The molecule has 0 saturated carbocycles. The molecule has 0 atom stereocenters. The van der Waals surface area contributed by atoms with Crippen molar-refractivity contribution < 1.29 is 19.1 Å². The average molecular weight is 342 g/mol. The van der Waals surface area contributed by atoms with Crippen LogP contribution in [0.4, 0.5) is 0 Å². The van der Waals surface area contributed by atoms with Crippen LogP contribution in [0.15, 0.2) is 0 Å². The summed E-state index contributed by atoms with van der Waals surface area (Å²) >= 11 is 0. The highest BCUT2D eigenvalue weighted by Crippen LogP contribution is 2.11.